The van der Waals surface area contributed by atoms with Crippen LogP contribution in [0, 0.1) is 0 Å². The average Bonchev–Trinajstić information content (AvgIpc) is 2.35. The average molecular weight is 260 g/mol. The van der Waals surface area contributed by atoms with Crippen LogP contribution in [-0.2, 0) is 4.79 Å². The molecule has 0 aliphatic rings. The number of rotatable bonds is 3. The van der Waals surface area contributed by atoms with Crippen molar-refractivity contribution in [3.8, 4) is 0 Å². The molecule has 92 valence electrons. The Morgan fingerprint density at radius 2 is 1.94 bits per heavy atom. The predicted molar refractivity (Wildman–Crippen MR) is 71.4 cm³/mol. The first-order valence-corrected chi connectivity index (χ1v) is 6.19. The maximum Gasteiger partial charge on any atom is 0.169 e. The van der Waals surface area contributed by atoms with E-state index in [1.54, 1.807) is 0 Å². The summed E-state index contributed by atoms with van der Waals surface area (Å²) in [5.41, 5.74) is 0.813. The molecule has 18 heavy (non-hydrogen) atoms. The quantitative estimate of drug-likeness (QED) is 0.397. The Hall–Kier alpha value is -1.88. The lowest BCUT2D eigenvalue weighted by Gasteiger charge is -2.06. The number of fused-ring (bicyclic) bond motifs is 1. The monoisotopic (exact) mass is 260 g/mol. The Balaban J connectivity index is 2.50. The number of nitrogens with zero attached hydrogens (tertiary/aromatic N) is 2. The predicted octanol–water partition coefficient (Wildman–Crippen LogP) is 3.10. The van der Waals surface area contributed by atoms with E-state index >= 15 is 0 Å². The molecule has 5 heteroatoms. The van der Waals surface area contributed by atoms with Crippen molar-refractivity contribution in [2.75, 3.05) is 0 Å². The number of para-hydroxylation sites is 1. The molecule has 0 atom stereocenters. The third-order valence-electron chi connectivity index (χ3n) is 2.35. The molecule has 0 saturated heterocycles. The van der Waals surface area contributed by atoms with E-state index in [0.29, 0.717) is 9.93 Å². The van der Waals surface area contributed by atoms with Crippen molar-refractivity contribution in [1.29, 1.82) is 0 Å². The number of aromatic nitrogens is 2. The van der Waals surface area contributed by atoms with E-state index in [4.69, 9.17) is 0 Å². The highest BCUT2D eigenvalue weighted by Crippen LogP contribution is 2.31. The first-order valence-electron chi connectivity index (χ1n) is 5.38. The molecule has 2 aromatic rings. The molecule has 0 bridgehead atoms. The standard InChI is InChI=1S/C13H12N2O2S/c1-8(16)12(9(2)17)18-13-10-5-3-4-6-11(10)14-7-15-13/h3-7,16H,1-2H3/b12-8-. The van der Waals surface area contributed by atoms with Gasteiger partial charge in [0.2, 0.25) is 0 Å². The molecule has 0 amide bonds. The number of carbonyl (C=O) groups excluding carboxylic acids is 1. The first-order chi connectivity index (χ1) is 8.59. The van der Waals surface area contributed by atoms with Crippen LogP contribution < -0.4 is 0 Å². The molecule has 0 spiro atoms. The van der Waals surface area contributed by atoms with Crippen molar-refractivity contribution in [3.05, 3.63) is 41.3 Å². The van der Waals surface area contributed by atoms with Crippen molar-refractivity contribution in [1.82, 2.24) is 9.97 Å². The van der Waals surface area contributed by atoms with Crippen LogP contribution in [0.15, 0.2) is 46.3 Å². The Morgan fingerprint density at radius 1 is 1.22 bits per heavy atom. The van der Waals surface area contributed by atoms with Gasteiger partial charge in [-0.1, -0.05) is 30.0 Å². The zero-order valence-electron chi connectivity index (χ0n) is 10.0. The molecule has 1 heterocycles. The van der Waals surface area contributed by atoms with Gasteiger partial charge in [0, 0.05) is 5.39 Å². The second kappa shape index (κ2) is 5.18. The van der Waals surface area contributed by atoms with E-state index in [0.717, 1.165) is 22.7 Å². The van der Waals surface area contributed by atoms with Crippen LogP contribution in [0.4, 0.5) is 0 Å². The topological polar surface area (TPSA) is 63.1 Å². The largest absolute Gasteiger partial charge is 0.511 e. The van der Waals surface area contributed by atoms with Gasteiger partial charge in [-0.25, -0.2) is 9.97 Å². The van der Waals surface area contributed by atoms with Crippen molar-refractivity contribution in [2.45, 2.75) is 18.9 Å². The molecule has 1 aromatic heterocycles. The molecule has 0 unspecified atom stereocenters. The summed E-state index contributed by atoms with van der Waals surface area (Å²) >= 11 is 1.16. The minimum atomic E-state index is -0.178. The number of thioether (sulfide) groups is 1. The maximum atomic E-state index is 11.4. The Labute approximate surface area is 109 Å². The third-order valence-corrected chi connectivity index (χ3v) is 3.66. The Morgan fingerprint density at radius 3 is 2.61 bits per heavy atom. The Bertz CT molecular complexity index is 628. The summed E-state index contributed by atoms with van der Waals surface area (Å²) in [6, 6.07) is 7.55. The highest BCUT2D eigenvalue weighted by molar-refractivity contribution is 8.04. The van der Waals surface area contributed by atoms with Gasteiger partial charge in [-0.05, 0) is 19.9 Å². The number of allylic oxidation sites excluding steroid dienone is 2. The van der Waals surface area contributed by atoms with E-state index in [-0.39, 0.29) is 11.5 Å². The minimum Gasteiger partial charge on any atom is -0.511 e. The van der Waals surface area contributed by atoms with Crippen LogP contribution in [0.25, 0.3) is 10.9 Å². The van der Waals surface area contributed by atoms with Crippen LogP contribution in [0.2, 0.25) is 0 Å². The van der Waals surface area contributed by atoms with Crippen molar-refractivity contribution in [2.24, 2.45) is 0 Å². The molecule has 0 saturated carbocycles. The number of aliphatic hydroxyl groups is 1. The van der Waals surface area contributed by atoms with Crippen molar-refractivity contribution in [3.63, 3.8) is 0 Å². The van der Waals surface area contributed by atoms with Crippen LogP contribution in [-0.4, -0.2) is 20.9 Å². The summed E-state index contributed by atoms with van der Waals surface area (Å²) in [4.78, 5) is 20.1. The molecule has 0 fully saturated rings. The normalized spacial score (nSPS) is 12.3. The zero-order valence-corrected chi connectivity index (χ0v) is 10.9. The van der Waals surface area contributed by atoms with Gasteiger partial charge < -0.3 is 5.11 Å². The fraction of sp³-hybridized carbons (Fsp3) is 0.154. The lowest BCUT2D eigenvalue weighted by atomic mass is 10.2. The Kier molecular flexibility index (Phi) is 3.62. The molecule has 1 aromatic carbocycles. The fourth-order valence-corrected chi connectivity index (χ4v) is 2.43. The van der Waals surface area contributed by atoms with Gasteiger partial charge in [-0.2, -0.15) is 0 Å². The van der Waals surface area contributed by atoms with E-state index in [1.165, 1.54) is 20.2 Å². The molecule has 0 radical (unpaired) electrons. The number of ketones is 1. The number of Topliss-reactive ketones (excluding diaryl/α,β-unsaturated/α-hetero) is 1. The minimum absolute atomic E-state index is 0.00944. The zero-order chi connectivity index (χ0) is 13.1. The maximum absolute atomic E-state index is 11.4. The van der Waals surface area contributed by atoms with E-state index < -0.39 is 0 Å². The second-order valence-corrected chi connectivity index (χ2v) is 4.77. The lowest BCUT2D eigenvalue weighted by Crippen LogP contribution is -1.97. The van der Waals surface area contributed by atoms with Crippen LogP contribution in [0.1, 0.15) is 13.8 Å². The third kappa shape index (κ3) is 2.51. The van der Waals surface area contributed by atoms with Gasteiger partial charge in [-0.3, -0.25) is 4.79 Å². The van der Waals surface area contributed by atoms with Crippen LogP contribution >= 0.6 is 11.8 Å². The van der Waals surface area contributed by atoms with Crippen molar-refractivity contribution >= 4 is 28.4 Å². The number of hydrogen-bond acceptors (Lipinski definition) is 5. The molecule has 0 aliphatic carbocycles. The van der Waals surface area contributed by atoms with Crippen molar-refractivity contribution < 1.29 is 9.90 Å². The molecule has 4 nitrogen and oxygen atoms in total. The number of benzene rings is 1. The van der Waals surface area contributed by atoms with Gasteiger partial charge in [0.1, 0.15) is 17.1 Å². The number of hydrogen-bond donors (Lipinski definition) is 1. The van der Waals surface area contributed by atoms with Gasteiger partial charge in [0.05, 0.1) is 10.4 Å². The van der Waals surface area contributed by atoms with Crippen LogP contribution in [0.5, 0.6) is 0 Å². The number of carbonyl (C=O) groups is 1. The summed E-state index contributed by atoms with van der Waals surface area (Å²) in [5, 5.41) is 11.0. The fourth-order valence-electron chi connectivity index (χ4n) is 1.56. The van der Waals surface area contributed by atoms with Gasteiger partial charge in [0.15, 0.2) is 5.78 Å². The molecule has 0 aliphatic heterocycles. The van der Waals surface area contributed by atoms with E-state index in [9.17, 15) is 9.90 Å². The summed E-state index contributed by atoms with van der Waals surface area (Å²) in [6.07, 6.45) is 1.45. The highest BCUT2D eigenvalue weighted by Gasteiger charge is 2.13. The lowest BCUT2D eigenvalue weighted by molar-refractivity contribution is -0.113. The smallest absolute Gasteiger partial charge is 0.169 e. The molecule has 1 N–H and O–H groups in total. The summed E-state index contributed by atoms with van der Waals surface area (Å²) in [6.45, 7) is 2.92. The van der Waals surface area contributed by atoms with E-state index in [2.05, 4.69) is 9.97 Å². The second-order valence-electron chi connectivity index (χ2n) is 3.77. The summed E-state index contributed by atoms with van der Waals surface area (Å²) < 4.78 is 0. The van der Waals surface area contributed by atoms with Gasteiger partial charge in [0.25, 0.3) is 0 Å². The number of aliphatic hydroxyl groups excluding tert-OH is 1. The molecular formula is C13H12N2O2S. The van der Waals surface area contributed by atoms with Gasteiger partial charge >= 0.3 is 0 Å². The van der Waals surface area contributed by atoms with E-state index in [1.807, 2.05) is 24.3 Å². The first kappa shape index (κ1) is 12.6. The molecular weight excluding hydrogens is 248 g/mol. The summed E-state index contributed by atoms with van der Waals surface area (Å²) in [7, 11) is 0. The van der Waals surface area contributed by atoms with Gasteiger partial charge in [-0.15, -0.1) is 0 Å². The molecule has 2 rings (SSSR count). The SMILES string of the molecule is CC(=O)/C(Sc1ncnc2ccccc12)=C(\C)O. The van der Waals surface area contributed by atoms with Crippen LogP contribution in [0.3, 0.4) is 0 Å². The summed E-state index contributed by atoms with van der Waals surface area (Å²) in [5.74, 6) is -0.169. The highest BCUT2D eigenvalue weighted by atomic mass is 32.2.